The molecule has 0 fully saturated rings. The molecule has 3 heteroatoms. The number of aromatic nitrogens is 1. The largest absolute Gasteiger partial charge is 0.339 e. The first-order chi connectivity index (χ1) is 7.91. The number of hydrogen-bond acceptors (Lipinski definition) is 2. The molecule has 0 unspecified atom stereocenters. The summed E-state index contributed by atoms with van der Waals surface area (Å²) in [6, 6.07) is 4.02. The predicted molar refractivity (Wildman–Crippen MR) is 70.0 cm³/mol. The first-order valence-electron chi connectivity index (χ1n) is 6.14. The quantitative estimate of drug-likeness (QED) is 0.802. The molecule has 1 rings (SSSR count). The van der Waals surface area contributed by atoms with Crippen LogP contribution in [0, 0.1) is 5.92 Å². The van der Waals surface area contributed by atoms with Gasteiger partial charge in [-0.05, 0) is 38.3 Å². The van der Waals surface area contributed by atoms with Crippen molar-refractivity contribution in [2.75, 3.05) is 7.05 Å². The summed E-state index contributed by atoms with van der Waals surface area (Å²) in [5.41, 5.74) is 1.71. The number of rotatable bonds is 4. The topological polar surface area (TPSA) is 33.2 Å². The van der Waals surface area contributed by atoms with Gasteiger partial charge in [0.15, 0.2) is 0 Å². The van der Waals surface area contributed by atoms with Crippen molar-refractivity contribution >= 4 is 5.91 Å². The minimum Gasteiger partial charge on any atom is -0.339 e. The molecule has 0 saturated heterocycles. The molecule has 1 amide bonds. The summed E-state index contributed by atoms with van der Waals surface area (Å²) in [7, 11) is 1.81. The van der Waals surface area contributed by atoms with Crippen LogP contribution in [0.1, 0.15) is 43.7 Å². The van der Waals surface area contributed by atoms with Crippen LogP contribution in [0.4, 0.5) is 0 Å². The molecule has 1 heterocycles. The van der Waals surface area contributed by atoms with E-state index >= 15 is 0 Å². The molecule has 0 spiro atoms. The van der Waals surface area contributed by atoms with Crippen LogP contribution >= 0.6 is 0 Å². The summed E-state index contributed by atoms with van der Waals surface area (Å²) in [5, 5.41) is 0. The molecule has 3 nitrogen and oxygen atoms in total. The van der Waals surface area contributed by atoms with Gasteiger partial charge in [0.2, 0.25) is 0 Å². The van der Waals surface area contributed by atoms with Crippen molar-refractivity contribution < 1.29 is 4.79 Å². The van der Waals surface area contributed by atoms with Gasteiger partial charge in [-0.15, -0.1) is 0 Å². The van der Waals surface area contributed by atoms with Crippen LogP contribution in [0.15, 0.2) is 18.3 Å². The zero-order valence-electron chi connectivity index (χ0n) is 11.4. The Morgan fingerprint density at radius 3 is 2.35 bits per heavy atom. The molecular formula is C14H22N2O. The van der Waals surface area contributed by atoms with Crippen LogP contribution in [-0.2, 0) is 6.42 Å². The highest BCUT2D eigenvalue weighted by atomic mass is 16.2. The summed E-state index contributed by atoms with van der Waals surface area (Å²) >= 11 is 0. The second-order valence-corrected chi connectivity index (χ2v) is 5.15. The Morgan fingerprint density at radius 2 is 1.94 bits per heavy atom. The maximum Gasteiger partial charge on any atom is 0.255 e. The van der Waals surface area contributed by atoms with E-state index in [2.05, 4.69) is 18.8 Å². The Labute approximate surface area is 104 Å². The molecule has 0 aliphatic heterocycles. The van der Waals surface area contributed by atoms with Crippen molar-refractivity contribution in [3.8, 4) is 0 Å². The van der Waals surface area contributed by atoms with E-state index < -0.39 is 0 Å². The van der Waals surface area contributed by atoms with E-state index in [0.717, 1.165) is 12.1 Å². The third-order valence-corrected chi connectivity index (χ3v) is 2.78. The molecule has 0 bridgehead atoms. The molecule has 1 aromatic heterocycles. The third kappa shape index (κ3) is 3.84. The summed E-state index contributed by atoms with van der Waals surface area (Å²) in [5.74, 6) is 0.617. The fourth-order valence-electron chi connectivity index (χ4n) is 1.53. The zero-order chi connectivity index (χ0) is 13.0. The number of amides is 1. The molecule has 0 aliphatic rings. The van der Waals surface area contributed by atoms with E-state index in [9.17, 15) is 4.79 Å². The lowest BCUT2D eigenvalue weighted by Crippen LogP contribution is -2.33. The first kappa shape index (κ1) is 13.7. The van der Waals surface area contributed by atoms with Crippen LogP contribution < -0.4 is 0 Å². The summed E-state index contributed by atoms with van der Waals surface area (Å²) in [6.45, 7) is 8.32. The van der Waals surface area contributed by atoms with Gasteiger partial charge >= 0.3 is 0 Å². The lowest BCUT2D eigenvalue weighted by atomic mass is 10.1. The Hall–Kier alpha value is -1.38. The minimum absolute atomic E-state index is 0.0311. The van der Waals surface area contributed by atoms with E-state index in [1.54, 1.807) is 11.1 Å². The molecule has 0 N–H and O–H groups in total. The molecule has 94 valence electrons. The predicted octanol–water partition coefficient (Wildman–Crippen LogP) is 2.76. The highest BCUT2D eigenvalue weighted by Gasteiger charge is 2.14. The van der Waals surface area contributed by atoms with Gasteiger partial charge in [0, 0.05) is 25.0 Å². The molecule has 0 atom stereocenters. The standard InChI is InChI=1S/C14H22N2O/c1-10(2)8-13-7-6-12(9-15-13)14(17)16(5)11(3)4/h6-7,9-11H,8H2,1-5H3. The minimum atomic E-state index is 0.0311. The summed E-state index contributed by atoms with van der Waals surface area (Å²) in [6.07, 6.45) is 2.63. The monoisotopic (exact) mass is 234 g/mol. The lowest BCUT2D eigenvalue weighted by molar-refractivity contribution is 0.0754. The first-order valence-corrected chi connectivity index (χ1v) is 6.14. The molecule has 0 radical (unpaired) electrons. The maximum absolute atomic E-state index is 12.0. The number of carbonyl (C=O) groups is 1. The van der Waals surface area contributed by atoms with E-state index in [1.807, 2.05) is 33.0 Å². The molecular weight excluding hydrogens is 212 g/mol. The van der Waals surface area contributed by atoms with Gasteiger partial charge in [-0.25, -0.2) is 0 Å². The normalized spacial score (nSPS) is 11.0. The molecule has 0 saturated carbocycles. The Bertz CT molecular complexity index is 368. The number of hydrogen-bond donors (Lipinski definition) is 0. The van der Waals surface area contributed by atoms with Gasteiger partial charge in [-0.1, -0.05) is 13.8 Å². The SMILES string of the molecule is CC(C)Cc1ccc(C(=O)N(C)C(C)C)cn1. The Balaban J connectivity index is 2.77. The van der Waals surface area contributed by atoms with Crippen LogP contribution in [-0.4, -0.2) is 28.9 Å². The molecule has 0 aromatic carbocycles. The van der Waals surface area contributed by atoms with E-state index in [0.29, 0.717) is 11.5 Å². The van der Waals surface area contributed by atoms with Crippen LogP contribution in [0.25, 0.3) is 0 Å². The van der Waals surface area contributed by atoms with E-state index in [1.165, 1.54) is 0 Å². The highest BCUT2D eigenvalue weighted by molar-refractivity contribution is 5.93. The highest BCUT2D eigenvalue weighted by Crippen LogP contribution is 2.09. The van der Waals surface area contributed by atoms with E-state index in [-0.39, 0.29) is 11.9 Å². The molecule has 0 aliphatic carbocycles. The van der Waals surface area contributed by atoms with Crippen molar-refractivity contribution in [3.63, 3.8) is 0 Å². The zero-order valence-corrected chi connectivity index (χ0v) is 11.4. The average molecular weight is 234 g/mol. The van der Waals surface area contributed by atoms with Crippen molar-refractivity contribution in [2.24, 2.45) is 5.92 Å². The number of carbonyl (C=O) groups excluding carboxylic acids is 1. The second-order valence-electron chi connectivity index (χ2n) is 5.15. The van der Waals surface area contributed by atoms with Gasteiger partial charge in [-0.3, -0.25) is 9.78 Å². The number of pyridine rings is 1. The van der Waals surface area contributed by atoms with Crippen molar-refractivity contribution in [3.05, 3.63) is 29.6 Å². The van der Waals surface area contributed by atoms with Gasteiger partial charge in [0.25, 0.3) is 5.91 Å². The van der Waals surface area contributed by atoms with Gasteiger partial charge in [-0.2, -0.15) is 0 Å². The van der Waals surface area contributed by atoms with E-state index in [4.69, 9.17) is 0 Å². The lowest BCUT2D eigenvalue weighted by Gasteiger charge is -2.21. The fourth-order valence-corrected chi connectivity index (χ4v) is 1.53. The van der Waals surface area contributed by atoms with Gasteiger partial charge < -0.3 is 4.90 Å². The number of nitrogens with zero attached hydrogens (tertiary/aromatic N) is 2. The molecule has 1 aromatic rings. The molecule has 17 heavy (non-hydrogen) atoms. The van der Waals surface area contributed by atoms with Crippen LogP contribution in [0.5, 0.6) is 0 Å². The van der Waals surface area contributed by atoms with Crippen molar-refractivity contribution in [2.45, 2.75) is 40.2 Å². The van der Waals surface area contributed by atoms with Gasteiger partial charge in [0.1, 0.15) is 0 Å². The second kappa shape index (κ2) is 5.80. The Kier molecular flexibility index (Phi) is 4.67. The van der Waals surface area contributed by atoms with Gasteiger partial charge in [0.05, 0.1) is 5.56 Å². The average Bonchev–Trinajstić information content (AvgIpc) is 2.27. The Morgan fingerprint density at radius 1 is 1.29 bits per heavy atom. The summed E-state index contributed by atoms with van der Waals surface area (Å²) < 4.78 is 0. The third-order valence-electron chi connectivity index (χ3n) is 2.78. The fraction of sp³-hybridized carbons (Fsp3) is 0.571. The van der Waals surface area contributed by atoms with Crippen LogP contribution in [0.3, 0.4) is 0 Å². The smallest absolute Gasteiger partial charge is 0.255 e. The van der Waals surface area contributed by atoms with Crippen molar-refractivity contribution in [1.82, 2.24) is 9.88 Å². The van der Waals surface area contributed by atoms with Crippen LogP contribution in [0.2, 0.25) is 0 Å². The summed E-state index contributed by atoms with van der Waals surface area (Å²) in [4.78, 5) is 18.1. The van der Waals surface area contributed by atoms with Crippen molar-refractivity contribution in [1.29, 1.82) is 0 Å². The maximum atomic E-state index is 12.0.